The summed E-state index contributed by atoms with van der Waals surface area (Å²) < 4.78 is 48.7. The maximum Gasteiger partial charge on any atom is 0.243 e. The normalized spacial score (nSPS) is 21.2. The highest BCUT2D eigenvalue weighted by Gasteiger charge is 2.32. The maximum absolute atomic E-state index is 12.4. The van der Waals surface area contributed by atoms with Crippen LogP contribution in [0.15, 0.2) is 34.1 Å². The molecular formula is C12H17NO5S2. The quantitative estimate of drug-likeness (QED) is 0.849. The fourth-order valence-electron chi connectivity index (χ4n) is 2.17. The fraction of sp³-hybridized carbons (Fsp3) is 0.500. The van der Waals surface area contributed by atoms with Crippen LogP contribution in [-0.2, 0) is 19.9 Å². The average Bonchev–Trinajstić information content (AvgIpc) is 2.87. The largest absolute Gasteiger partial charge is 0.396 e. The van der Waals surface area contributed by atoms with Gasteiger partial charge in [0.15, 0.2) is 9.84 Å². The minimum Gasteiger partial charge on any atom is -0.396 e. The van der Waals surface area contributed by atoms with Gasteiger partial charge in [0.1, 0.15) is 0 Å². The van der Waals surface area contributed by atoms with E-state index in [1.807, 2.05) is 0 Å². The van der Waals surface area contributed by atoms with Crippen LogP contribution in [0.1, 0.15) is 6.42 Å². The molecule has 1 N–H and O–H groups in total. The highest BCUT2D eigenvalue weighted by molar-refractivity contribution is 7.90. The van der Waals surface area contributed by atoms with Crippen LogP contribution < -0.4 is 0 Å². The monoisotopic (exact) mass is 319 g/mol. The van der Waals surface area contributed by atoms with Crippen molar-refractivity contribution in [2.24, 2.45) is 5.92 Å². The Balaban J connectivity index is 2.27. The Morgan fingerprint density at radius 1 is 1.15 bits per heavy atom. The van der Waals surface area contributed by atoms with Crippen LogP contribution >= 0.6 is 0 Å². The average molecular weight is 319 g/mol. The van der Waals surface area contributed by atoms with Gasteiger partial charge in [-0.2, -0.15) is 4.31 Å². The first kappa shape index (κ1) is 15.4. The van der Waals surface area contributed by atoms with E-state index in [1.54, 1.807) is 0 Å². The lowest BCUT2D eigenvalue weighted by Crippen LogP contribution is -2.29. The summed E-state index contributed by atoms with van der Waals surface area (Å²) in [6, 6.07) is 5.19. The fourth-order valence-corrected chi connectivity index (χ4v) is 4.33. The maximum atomic E-state index is 12.4. The van der Waals surface area contributed by atoms with Crippen molar-refractivity contribution < 1.29 is 21.9 Å². The molecule has 1 aromatic rings. The van der Waals surface area contributed by atoms with E-state index in [1.165, 1.54) is 28.6 Å². The van der Waals surface area contributed by atoms with Crippen molar-refractivity contribution in [2.45, 2.75) is 16.2 Å². The van der Waals surface area contributed by atoms with Gasteiger partial charge in [0.2, 0.25) is 10.0 Å². The second-order valence-corrected chi connectivity index (χ2v) is 8.90. The topological polar surface area (TPSA) is 91.8 Å². The van der Waals surface area contributed by atoms with E-state index in [-0.39, 0.29) is 22.3 Å². The Kier molecular flexibility index (Phi) is 4.19. The molecule has 1 aliphatic heterocycles. The minimum atomic E-state index is -3.62. The zero-order chi connectivity index (χ0) is 15.0. The lowest BCUT2D eigenvalue weighted by molar-refractivity contribution is 0.233. The van der Waals surface area contributed by atoms with Crippen LogP contribution in [0, 0.1) is 5.92 Å². The van der Waals surface area contributed by atoms with Crippen LogP contribution in [0.25, 0.3) is 0 Å². The number of nitrogens with zero attached hydrogens (tertiary/aromatic N) is 1. The van der Waals surface area contributed by atoms with Crippen LogP contribution in [0.2, 0.25) is 0 Å². The number of aliphatic hydroxyl groups excluding tert-OH is 1. The van der Waals surface area contributed by atoms with Crippen molar-refractivity contribution in [3.8, 4) is 0 Å². The predicted octanol–water partition coefficient (Wildman–Crippen LogP) is 0.0930. The molecule has 0 radical (unpaired) electrons. The Bertz CT molecular complexity index is 679. The van der Waals surface area contributed by atoms with Crippen LogP contribution in [0.5, 0.6) is 0 Å². The lowest BCUT2D eigenvalue weighted by Gasteiger charge is -2.16. The van der Waals surface area contributed by atoms with Gasteiger partial charge in [-0.05, 0) is 36.6 Å². The Morgan fingerprint density at radius 3 is 2.15 bits per heavy atom. The molecule has 1 aliphatic rings. The third kappa shape index (κ3) is 3.03. The first-order valence-electron chi connectivity index (χ1n) is 6.16. The standard InChI is InChI=1S/C12H17NO5S2/c1-19(15,16)11-2-4-12(5-3-11)20(17,18)13-7-6-10(8-13)9-14/h2-5,10,14H,6-9H2,1H3. The van der Waals surface area contributed by atoms with Gasteiger partial charge < -0.3 is 5.11 Å². The summed E-state index contributed by atoms with van der Waals surface area (Å²) in [5.74, 6) is -0.0277. The minimum absolute atomic E-state index is 0.0277. The number of rotatable bonds is 4. The van der Waals surface area contributed by atoms with Crippen LogP contribution in [0.3, 0.4) is 0 Å². The van der Waals surface area contributed by atoms with Crippen molar-refractivity contribution in [2.75, 3.05) is 26.0 Å². The molecular weight excluding hydrogens is 302 g/mol. The van der Waals surface area contributed by atoms with Gasteiger partial charge >= 0.3 is 0 Å². The van der Waals surface area contributed by atoms with Crippen molar-refractivity contribution in [1.82, 2.24) is 4.31 Å². The van der Waals surface area contributed by atoms with Gasteiger partial charge in [-0.3, -0.25) is 0 Å². The zero-order valence-electron chi connectivity index (χ0n) is 11.1. The number of hydrogen-bond acceptors (Lipinski definition) is 5. The van der Waals surface area contributed by atoms with Crippen molar-refractivity contribution in [3.63, 3.8) is 0 Å². The number of benzene rings is 1. The van der Waals surface area contributed by atoms with Gasteiger partial charge in [-0.25, -0.2) is 16.8 Å². The Morgan fingerprint density at radius 2 is 1.70 bits per heavy atom. The predicted molar refractivity (Wildman–Crippen MR) is 73.5 cm³/mol. The van der Waals surface area contributed by atoms with E-state index in [4.69, 9.17) is 5.11 Å². The van der Waals surface area contributed by atoms with Gasteiger partial charge in [0, 0.05) is 26.0 Å². The number of sulfonamides is 1. The summed E-state index contributed by atoms with van der Waals surface area (Å²) >= 11 is 0. The molecule has 1 unspecified atom stereocenters. The molecule has 1 heterocycles. The molecule has 8 heteroatoms. The van der Waals surface area contributed by atoms with Gasteiger partial charge in [-0.15, -0.1) is 0 Å². The summed E-state index contributed by atoms with van der Waals surface area (Å²) in [6.07, 6.45) is 1.71. The molecule has 6 nitrogen and oxygen atoms in total. The van der Waals surface area contributed by atoms with E-state index < -0.39 is 19.9 Å². The highest BCUT2D eigenvalue weighted by atomic mass is 32.2. The van der Waals surface area contributed by atoms with E-state index in [9.17, 15) is 16.8 Å². The molecule has 0 bridgehead atoms. The molecule has 2 rings (SSSR count). The van der Waals surface area contributed by atoms with E-state index in [0.717, 1.165) is 6.26 Å². The SMILES string of the molecule is CS(=O)(=O)c1ccc(S(=O)(=O)N2CCC(CO)C2)cc1. The Hall–Kier alpha value is -0.960. The van der Waals surface area contributed by atoms with Crippen molar-refractivity contribution in [1.29, 1.82) is 0 Å². The molecule has 0 saturated carbocycles. The zero-order valence-corrected chi connectivity index (χ0v) is 12.7. The molecule has 0 aromatic heterocycles. The molecule has 1 fully saturated rings. The summed E-state index contributed by atoms with van der Waals surface area (Å²) in [4.78, 5) is 0.162. The van der Waals surface area contributed by atoms with E-state index in [0.29, 0.717) is 19.5 Å². The molecule has 0 amide bonds. The summed E-state index contributed by atoms with van der Waals surface area (Å²) in [6.45, 7) is 0.646. The second-order valence-electron chi connectivity index (χ2n) is 4.94. The molecule has 0 spiro atoms. The van der Waals surface area contributed by atoms with Crippen molar-refractivity contribution >= 4 is 19.9 Å². The Labute approximate surface area is 119 Å². The third-order valence-corrected chi connectivity index (χ3v) is 6.40. The number of aliphatic hydroxyl groups is 1. The number of sulfone groups is 1. The van der Waals surface area contributed by atoms with Crippen LogP contribution in [-0.4, -0.2) is 52.2 Å². The smallest absolute Gasteiger partial charge is 0.243 e. The van der Waals surface area contributed by atoms with Crippen molar-refractivity contribution in [3.05, 3.63) is 24.3 Å². The van der Waals surface area contributed by atoms with Crippen LogP contribution in [0.4, 0.5) is 0 Å². The number of hydrogen-bond donors (Lipinski definition) is 1. The summed E-state index contributed by atoms with van der Waals surface area (Å²) in [5.41, 5.74) is 0. The molecule has 0 aliphatic carbocycles. The first-order chi connectivity index (χ1) is 9.25. The van der Waals surface area contributed by atoms with Gasteiger partial charge in [0.25, 0.3) is 0 Å². The first-order valence-corrected chi connectivity index (χ1v) is 9.49. The summed E-state index contributed by atoms with van der Waals surface area (Å²) in [5, 5.41) is 9.06. The molecule has 1 atom stereocenters. The molecule has 1 aromatic carbocycles. The molecule has 112 valence electrons. The third-order valence-electron chi connectivity index (χ3n) is 3.40. The second kappa shape index (κ2) is 5.44. The highest BCUT2D eigenvalue weighted by Crippen LogP contribution is 2.24. The summed E-state index contributed by atoms with van der Waals surface area (Å²) in [7, 11) is -6.95. The van der Waals surface area contributed by atoms with E-state index >= 15 is 0 Å². The lowest BCUT2D eigenvalue weighted by atomic mass is 10.1. The molecule has 20 heavy (non-hydrogen) atoms. The van der Waals surface area contributed by atoms with Gasteiger partial charge in [0.05, 0.1) is 9.79 Å². The molecule has 1 saturated heterocycles. The van der Waals surface area contributed by atoms with Gasteiger partial charge in [-0.1, -0.05) is 0 Å². The van der Waals surface area contributed by atoms with E-state index in [2.05, 4.69) is 0 Å².